The van der Waals surface area contributed by atoms with Crippen LogP contribution in [0.3, 0.4) is 0 Å². The molecule has 0 atom stereocenters. The fourth-order valence-corrected chi connectivity index (χ4v) is 1.98. The zero-order valence-corrected chi connectivity index (χ0v) is 10.8. The molecular formula is C13H10BrNO2. The van der Waals surface area contributed by atoms with Gasteiger partial charge in [0.05, 0.1) is 10.5 Å². The van der Waals surface area contributed by atoms with E-state index in [9.17, 15) is 10.1 Å². The van der Waals surface area contributed by atoms with Crippen LogP contribution < -0.4 is 0 Å². The molecule has 17 heavy (non-hydrogen) atoms. The number of hydrogen-bond acceptors (Lipinski definition) is 2. The van der Waals surface area contributed by atoms with Crippen molar-refractivity contribution < 1.29 is 4.92 Å². The number of aryl methyl sites for hydroxylation is 1. The summed E-state index contributed by atoms with van der Waals surface area (Å²) in [6.45, 7) is 1.99. The fraction of sp³-hybridized carbons (Fsp3) is 0.0769. The summed E-state index contributed by atoms with van der Waals surface area (Å²) in [5.74, 6) is 0. The van der Waals surface area contributed by atoms with Crippen molar-refractivity contribution in [2.75, 3.05) is 0 Å². The molecule has 2 aromatic rings. The Morgan fingerprint density at radius 2 is 1.76 bits per heavy atom. The standard InChI is InChI=1S/C13H10BrNO2/c1-9-2-4-10(5-3-9)12-7-6-11(14)8-13(12)15(16)17/h2-8H,1H3. The number of hydrogen-bond donors (Lipinski definition) is 0. The Morgan fingerprint density at radius 3 is 2.35 bits per heavy atom. The number of halogens is 1. The molecule has 0 unspecified atom stereocenters. The van der Waals surface area contributed by atoms with Gasteiger partial charge in [0.1, 0.15) is 0 Å². The normalized spacial score (nSPS) is 10.2. The molecule has 0 saturated heterocycles. The molecule has 0 N–H and O–H groups in total. The van der Waals surface area contributed by atoms with E-state index < -0.39 is 0 Å². The smallest absolute Gasteiger partial charge is 0.258 e. The van der Waals surface area contributed by atoms with Crippen molar-refractivity contribution in [1.29, 1.82) is 0 Å². The summed E-state index contributed by atoms with van der Waals surface area (Å²) in [6, 6.07) is 12.8. The highest BCUT2D eigenvalue weighted by Crippen LogP contribution is 2.32. The molecule has 0 aliphatic heterocycles. The van der Waals surface area contributed by atoms with Gasteiger partial charge in [0.15, 0.2) is 0 Å². The van der Waals surface area contributed by atoms with E-state index >= 15 is 0 Å². The minimum absolute atomic E-state index is 0.114. The molecule has 4 heteroatoms. The van der Waals surface area contributed by atoms with Crippen molar-refractivity contribution in [3.63, 3.8) is 0 Å². The van der Waals surface area contributed by atoms with Gasteiger partial charge in [-0.05, 0) is 24.6 Å². The average molecular weight is 292 g/mol. The largest absolute Gasteiger partial charge is 0.278 e. The zero-order valence-electron chi connectivity index (χ0n) is 9.18. The summed E-state index contributed by atoms with van der Waals surface area (Å²) >= 11 is 3.24. The molecule has 0 aliphatic rings. The highest BCUT2D eigenvalue weighted by atomic mass is 79.9. The van der Waals surface area contributed by atoms with E-state index in [1.807, 2.05) is 37.3 Å². The van der Waals surface area contributed by atoms with Gasteiger partial charge in [0, 0.05) is 10.5 Å². The van der Waals surface area contributed by atoms with Crippen LogP contribution in [0.5, 0.6) is 0 Å². The van der Waals surface area contributed by atoms with Crippen LogP contribution in [0.4, 0.5) is 5.69 Å². The minimum atomic E-state index is -0.361. The van der Waals surface area contributed by atoms with Gasteiger partial charge >= 0.3 is 0 Å². The zero-order chi connectivity index (χ0) is 12.4. The third-order valence-corrected chi connectivity index (χ3v) is 3.01. The molecule has 2 aromatic carbocycles. The Morgan fingerprint density at radius 1 is 1.12 bits per heavy atom. The van der Waals surface area contributed by atoms with Crippen molar-refractivity contribution >= 4 is 21.6 Å². The highest BCUT2D eigenvalue weighted by Gasteiger charge is 2.15. The topological polar surface area (TPSA) is 43.1 Å². The van der Waals surface area contributed by atoms with Crippen LogP contribution in [0.1, 0.15) is 5.56 Å². The van der Waals surface area contributed by atoms with Crippen LogP contribution in [0.15, 0.2) is 46.9 Å². The molecule has 3 nitrogen and oxygen atoms in total. The maximum Gasteiger partial charge on any atom is 0.278 e. The summed E-state index contributed by atoms with van der Waals surface area (Å²) in [5, 5.41) is 11.0. The van der Waals surface area contributed by atoms with Crippen LogP contribution in [0.2, 0.25) is 0 Å². The van der Waals surface area contributed by atoms with Crippen LogP contribution in [0, 0.1) is 17.0 Å². The first-order valence-electron chi connectivity index (χ1n) is 5.09. The van der Waals surface area contributed by atoms with Gasteiger partial charge in [-0.3, -0.25) is 10.1 Å². The second kappa shape index (κ2) is 4.67. The van der Waals surface area contributed by atoms with E-state index in [-0.39, 0.29) is 10.6 Å². The van der Waals surface area contributed by atoms with E-state index in [1.54, 1.807) is 6.07 Å². The lowest BCUT2D eigenvalue weighted by Gasteiger charge is -2.04. The molecule has 0 amide bonds. The van der Waals surface area contributed by atoms with Gasteiger partial charge in [0.25, 0.3) is 5.69 Å². The first-order valence-corrected chi connectivity index (χ1v) is 5.88. The van der Waals surface area contributed by atoms with Crippen LogP contribution in [-0.2, 0) is 0 Å². The lowest BCUT2D eigenvalue weighted by Crippen LogP contribution is -1.92. The van der Waals surface area contributed by atoms with Gasteiger partial charge in [-0.2, -0.15) is 0 Å². The van der Waals surface area contributed by atoms with E-state index in [1.165, 1.54) is 6.07 Å². The predicted octanol–water partition coefficient (Wildman–Crippen LogP) is 4.33. The molecular weight excluding hydrogens is 282 g/mol. The Kier molecular flexibility index (Phi) is 3.24. The summed E-state index contributed by atoms with van der Waals surface area (Å²) in [6.07, 6.45) is 0. The molecule has 0 fully saturated rings. The van der Waals surface area contributed by atoms with Crippen molar-refractivity contribution in [3.05, 3.63) is 62.6 Å². The third kappa shape index (κ3) is 2.53. The lowest BCUT2D eigenvalue weighted by molar-refractivity contribution is -0.384. The van der Waals surface area contributed by atoms with E-state index in [2.05, 4.69) is 15.9 Å². The van der Waals surface area contributed by atoms with E-state index in [0.29, 0.717) is 10.0 Å². The Hall–Kier alpha value is -1.68. The first kappa shape index (κ1) is 11.8. The van der Waals surface area contributed by atoms with Crippen molar-refractivity contribution in [1.82, 2.24) is 0 Å². The number of benzene rings is 2. The van der Waals surface area contributed by atoms with Crippen molar-refractivity contribution in [2.45, 2.75) is 6.92 Å². The molecule has 0 aliphatic carbocycles. The highest BCUT2D eigenvalue weighted by molar-refractivity contribution is 9.10. The summed E-state index contributed by atoms with van der Waals surface area (Å²) in [4.78, 5) is 10.6. The summed E-state index contributed by atoms with van der Waals surface area (Å²) in [7, 11) is 0. The molecule has 0 saturated carbocycles. The number of rotatable bonds is 2. The van der Waals surface area contributed by atoms with Crippen molar-refractivity contribution in [3.8, 4) is 11.1 Å². The number of nitro groups is 1. The second-order valence-electron chi connectivity index (χ2n) is 3.78. The maximum absolute atomic E-state index is 11.0. The quantitative estimate of drug-likeness (QED) is 0.610. The monoisotopic (exact) mass is 291 g/mol. The summed E-state index contributed by atoms with van der Waals surface area (Å²) < 4.78 is 0.708. The lowest BCUT2D eigenvalue weighted by atomic mass is 10.0. The summed E-state index contributed by atoms with van der Waals surface area (Å²) in [5.41, 5.74) is 2.74. The minimum Gasteiger partial charge on any atom is -0.258 e. The van der Waals surface area contributed by atoms with Crippen LogP contribution in [0.25, 0.3) is 11.1 Å². The molecule has 0 radical (unpaired) electrons. The number of nitro benzene ring substituents is 1. The Balaban J connectivity index is 2.58. The van der Waals surface area contributed by atoms with Crippen LogP contribution in [-0.4, -0.2) is 4.92 Å². The molecule has 0 aromatic heterocycles. The third-order valence-electron chi connectivity index (χ3n) is 2.52. The van der Waals surface area contributed by atoms with Gasteiger partial charge in [-0.25, -0.2) is 0 Å². The van der Waals surface area contributed by atoms with Crippen molar-refractivity contribution in [2.24, 2.45) is 0 Å². The van der Waals surface area contributed by atoms with Gasteiger partial charge in [-0.15, -0.1) is 0 Å². The van der Waals surface area contributed by atoms with Gasteiger partial charge < -0.3 is 0 Å². The second-order valence-corrected chi connectivity index (χ2v) is 4.70. The molecule has 0 heterocycles. The average Bonchev–Trinajstić information content (AvgIpc) is 2.30. The maximum atomic E-state index is 11.0. The fourth-order valence-electron chi connectivity index (χ4n) is 1.63. The first-order chi connectivity index (χ1) is 8.08. The number of nitrogens with zero attached hydrogens (tertiary/aromatic N) is 1. The van der Waals surface area contributed by atoms with E-state index in [4.69, 9.17) is 0 Å². The molecule has 86 valence electrons. The Bertz CT molecular complexity index is 564. The Labute approximate surface area is 107 Å². The SMILES string of the molecule is Cc1ccc(-c2ccc(Br)cc2[N+](=O)[O-])cc1. The van der Waals surface area contributed by atoms with Crippen LogP contribution >= 0.6 is 15.9 Å². The van der Waals surface area contributed by atoms with Gasteiger partial charge in [-0.1, -0.05) is 45.8 Å². The van der Waals surface area contributed by atoms with E-state index in [0.717, 1.165) is 11.1 Å². The molecule has 2 rings (SSSR count). The molecule has 0 spiro atoms. The molecule has 0 bridgehead atoms. The van der Waals surface area contributed by atoms with Gasteiger partial charge in [0.2, 0.25) is 0 Å². The predicted molar refractivity (Wildman–Crippen MR) is 71.0 cm³/mol.